The highest BCUT2D eigenvalue weighted by molar-refractivity contribution is 7.89. The third-order valence-corrected chi connectivity index (χ3v) is 6.92. The number of carboxylic acids is 1. The first-order valence-corrected chi connectivity index (χ1v) is 10.2. The van der Waals surface area contributed by atoms with Crippen LogP contribution in [0.4, 0.5) is 0 Å². The molecule has 0 aliphatic carbocycles. The molecule has 1 aromatic carbocycles. The predicted octanol–water partition coefficient (Wildman–Crippen LogP) is 2.04. The number of carboxylic acid groups (broad SMARTS) is 1. The van der Waals surface area contributed by atoms with Crippen molar-refractivity contribution in [2.45, 2.75) is 44.0 Å². The third kappa shape index (κ3) is 4.62. The molecule has 0 aromatic heterocycles. The normalized spacial score (nSPS) is 16.3. The number of hydrogen-bond acceptors (Lipinski definition) is 4. The summed E-state index contributed by atoms with van der Waals surface area (Å²) in [7, 11) is -2.04. The lowest BCUT2D eigenvalue weighted by molar-refractivity contribution is -0.138. The molecule has 1 aliphatic heterocycles. The van der Waals surface area contributed by atoms with Crippen LogP contribution in [0.2, 0.25) is 0 Å². The van der Waals surface area contributed by atoms with Crippen molar-refractivity contribution in [3.8, 4) is 0 Å². The van der Waals surface area contributed by atoms with Crippen molar-refractivity contribution < 1.29 is 23.1 Å². The van der Waals surface area contributed by atoms with Gasteiger partial charge in [0.15, 0.2) is 0 Å². The lowest BCUT2D eigenvalue weighted by Crippen LogP contribution is -2.39. The van der Waals surface area contributed by atoms with Gasteiger partial charge in [-0.25, -0.2) is 8.42 Å². The van der Waals surface area contributed by atoms with Crippen molar-refractivity contribution in [2.75, 3.05) is 20.1 Å². The summed E-state index contributed by atoms with van der Waals surface area (Å²) in [5.41, 5.74) is 0.438. The summed E-state index contributed by atoms with van der Waals surface area (Å²) in [4.78, 5) is 25.2. The highest BCUT2D eigenvalue weighted by Gasteiger charge is 2.26. The second kappa shape index (κ2) is 8.18. The number of sulfonamides is 1. The van der Waals surface area contributed by atoms with Gasteiger partial charge >= 0.3 is 5.97 Å². The SMILES string of the molecule is CC(C)N(C)S(=O)(=O)c1ccc(C(=O)N2CCC(CC(=O)O)CC2)cc1. The summed E-state index contributed by atoms with van der Waals surface area (Å²) in [5.74, 6) is -0.853. The molecule has 0 spiro atoms. The maximum Gasteiger partial charge on any atom is 0.303 e. The third-order valence-electron chi connectivity index (χ3n) is 4.87. The number of hydrogen-bond donors (Lipinski definition) is 1. The van der Waals surface area contributed by atoms with Gasteiger partial charge in [0, 0.05) is 38.2 Å². The van der Waals surface area contributed by atoms with Crippen LogP contribution >= 0.6 is 0 Å². The minimum absolute atomic E-state index is 0.107. The molecule has 7 nitrogen and oxygen atoms in total. The summed E-state index contributed by atoms with van der Waals surface area (Å²) in [6.45, 7) is 4.63. The Balaban J connectivity index is 2.05. The van der Waals surface area contributed by atoms with E-state index < -0.39 is 16.0 Å². The van der Waals surface area contributed by atoms with Gasteiger partial charge in [-0.1, -0.05) is 0 Å². The standard InChI is InChI=1S/C18H26N2O5S/c1-13(2)19(3)26(24,25)16-6-4-15(5-7-16)18(23)20-10-8-14(9-11-20)12-17(21)22/h4-7,13-14H,8-12H2,1-3H3,(H,21,22). The van der Waals surface area contributed by atoms with Gasteiger partial charge in [-0.15, -0.1) is 0 Å². The highest BCUT2D eigenvalue weighted by atomic mass is 32.2. The molecule has 0 radical (unpaired) electrons. The topological polar surface area (TPSA) is 95.0 Å². The number of benzene rings is 1. The van der Waals surface area contributed by atoms with E-state index in [2.05, 4.69) is 0 Å². The number of piperidine rings is 1. The average molecular weight is 382 g/mol. The minimum atomic E-state index is -3.57. The van der Waals surface area contributed by atoms with Crippen molar-refractivity contribution in [1.82, 2.24) is 9.21 Å². The Morgan fingerprint density at radius 2 is 1.73 bits per heavy atom. The van der Waals surface area contributed by atoms with E-state index in [0.717, 1.165) is 0 Å². The number of amides is 1. The van der Waals surface area contributed by atoms with Crippen LogP contribution in [0.5, 0.6) is 0 Å². The van der Waals surface area contributed by atoms with Crippen LogP contribution in [0.3, 0.4) is 0 Å². The maximum atomic E-state index is 12.6. The molecule has 8 heteroatoms. The van der Waals surface area contributed by atoms with Gasteiger partial charge in [0.05, 0.1) is 4.90 Å². The Bertz CT molecular complexity index is 750. The Hall–Kier alpha value is -1.93. The molecular formula is C18H26N2O5S. The zero-order valence-corrected chi connectivity index (χ0v) is 16.2. The van der Waals surface area contributed by atoms with Crippen LogP contribution in [0, 0.1) is 5.92 Å². The second-order valence-electron chi connectivity index (χ2n) is 6.97. The van der Waals surface area contributed by atoms with Crippen LogP contribution < -0.4 is 0 Å². The van der Waals surface area contributed by atoms with Crippen molar-refractivity contribution in [3.05, 3.63) is 29.8 Å². The summed E-state index contributed by atoms with van der Waals surface area (Å²) in [6, 6.07) is 5.82. The predicted molar refractivity (Wildman–Crippen MR) is 97.4 cm³/mol. The van der Waals surface area contributed by atoms with Crippen LogP contribution in [-0.4, -0.2) is 60.8 Å². The van der Waals surface area contributed by atoms with Crippen LogP contribution in [0.1, 0.15) is 43.5 Å². The Morgan fingerprint density at radius 3 is 2.19 bits per heavy atom. The van der Waals surface area contributed by atoms with Crippen molar-refractivity contribution in [2.24, 2.45) is 5.92 Å². The molecule has 0 bridgehead atoms. The molecule has 0 saturated carbocycles. The van der Waals surface area contributed by atoms with Crippen molar-refractivity contribution in [1.29, 1.82) is 0 Å². The van der Waals surface area contributed by atoms with Crippen LogP contribution in [-0.2, 0) is 14.8 Å². The number of likely N-dealkylation sites (tertiary alicyclic amines) is 1. The Labute approximate surface area is 154 Å². The molecular weight excluding hydrogens is 356 g/mol. The zero-order chi connectivity index (χ0) is 19.5. The van der Waals surface area contributed by atoms with E-state index in [1.54, 1.807) is 18.7 Å². The average Bonchev–Trinajstić information content (AvgIpc) is 2.60. The molecule has 0 unspecified atom stereocenters. The molecule has 0 atom stereocenters. The van der Waals surface area contributed by atoms with Crippen molar-refractivity contribution in [3.63, 3.8) is 0 Å². The number of carbonyl (C=O) groups is 2. The summed E-state index contributed by atoms with van der Waals surface area (Å²) in [5, 5.41) is 8.85. The largest absolute Gasteiger partial charge is 0.481 e. The lowest BCUT2D eigenvalue weighted by atomic mass is 9.93. The van der Waals surface area contributed by atoms with E-state index in [-0.39, 0.29) is 29.2 Å². The van der Waals surface area contributed by atoms with Gasteiger partial charge in [-0.05, 0) is 56.9 Å². The fourth-order valence-corrected chi connectivity index (χ4v) is 4.35. The first-order chi connectivity index (χ1) is 12.1. The first kappa shape index (κ1) is 20.4. The molecule has 144 valence electrons. The van der Waals surface area contributed by atoms with E-state index in [1.807, 2.05) is 0 Å². The molecule has 1 amide bonds. The Kier molecular flexibility index (Phi) is 6.41. The van der Waals surface area contributed by atoms with Crippen LogP contribution in [0.25, 0.3) is 0 Å². The van der Waals surface area contributed by atoms with E-state index in [9.17, 15) is 18.0 Å². The fourth-order valence-electron chi connectivity index (χ4n) is 2.98. The maximum absolute atomic E-state index is 12.6. The first-order valence-electron chi connectivity index (χ1n) is 8.72. The van der Waals surface area contributed by atoms with E-state index >= 15 is 0 Å². The summed E-state index contributed by atoms with van der Waals surface area (Å²) < 4.78 is 26.2. The number of aliphatic carboxylic acids is 1. The van der Waals surface area contributed by atoms with Gasteiger partial charge in [0.2, 0.25) is 10.0 Å². The molecule has 1 heterocycles. The van der Waals surface area contributed by atoms with Crippen LogP contribution in [0.15, 0.2) is 29.2 Å². The number of nitrogens with zero attached hydrogens (tertiary/aromatic N) is 2. The molecule has 2 rings (SSSR count). The molecule has 1 N–H and O–H groups in total. The lowest BCUT2D eigenvalue weighted by Gasteiger charge is -2.31. The van der Waals surface area contributed by atoms with Gasteiger partial charge in [0.1, 0.15) is 0 Å². The van der Waals surface area contributed by atoms with E-state index in [0.29, 0.717) is 31.5 Å². The zero-order valence-electron chi connectivity index (χ0n) is 15.4. The molecule has 1 aromatic rings. The molecule has 1 saturated heterocycles. The minimum Gasteiger partial charge on any atom is -0.481 e. The highest BCUT2D eigenvalue weighted by Crippen LogP contribution is 2.23. The molecule has 26 heavy (non-hydrogen) atoms. The van der Waals surface area contributed by atoms with Crippen molar-refractivity contribution >= 4 is 21.9 Å². The quantitative estimate of drug-likeness (QED) is 0.812. The summed E-state index contributed by atoms with van der Waals surface area (Å²) >= 11 is 0. The van der Waals surface area contributed by atoms with Gasteiger partial charge in [0.25, 0.3) is 5.91 Å². The monoisotopic (exact) mass is 382 g/mol. The molecule has 1 fully saturated rings. The van der Waals surface area contributed by atoms with E-state index in [4.69, 9.17) is 5.11 Å². The number of rotatable bonds is 6. The second-order valence-corrected chi connectivity index (χ2v) is 8.97. The van der Waals surface area contributed by atoms with E-state index in [1.165, 1.54) is 35.6 Å². The van der Waals surface area contributed by atoms with Gasteiger partial charge in [-0.2, -0.15) is 4.31 Å². The fraction of sp³-hybridized carbons (Fsp3) is 0.556. The summed E-state index contributed by atoms with van der Waals surface area (Å²) in [6.07, 6.45) is 1.48. The van der Waals surface area contributed by atoms with Gasteiger partial charge in [-0.3, -0.25) is 9.59 Å². The molecule has 1 aliphatic rings. The van der Waals surface area contributed by atoms with Gasteiger partial charge < -0.3 is 10.0 Å². The number of carbonyl (C=O) groups excluding carboxylic acids is 1. The smallest absolute Gasteiger partial charge is 0.303 e. The Morgan fingerprint density at radius 1 is 1.19 bits per heavy atom.